The monoisotopic (exact) mass is 691 g/mol. The van der Waals surface area contributed by atoms with E-state index in [0.717, 1.165) is 28.9 Å². The highest BCUT2D eigenvalue weighted by atomic mass is 32.3. The summed E-state index contributed by atoms with van der Waals surface area (Å²) in [4.78, 5) is 51.4. The predicted molar refractivity (Wildman–Crippen MR) is 170 cm³/mol. The lowest BCUT2D eigenvalue weighted by Crippen LogP contribution is -2.68. The number of hydrogen-bond donors (Lipinski definition) is 5. The smallest absolute Gasteiger partial charge is 0.418 e. The molecule has 0 radical (unpaired) electrons. The number of ketones is 1. The van der Waals surface area contributed by atoms with Crippen LogP contribution in [0.15, 0.2) is 53.1 Å². The fraction of sp³-hybridized carbons (Fsp3) is 0.357. The van der Waals surface area contributed by atoms with Crippen molar-refractivity contribution in [1.29, 1.82) is 0 Å². The van der Waals surface area contributed by atoms with Gasteiger partial charge in [-0.2, -0.15) is 13.5 Å². The van der Waals surface area contributed by atoms with Crippen LogP contribution in [0.25, 0.3) is 11.1 Å². The number of hydroxylamine groups is 2. The summed E-state index contributed by atoms with van der Waals surface area (Å²) in [6.07, 6.45) is 0.325. The number of nitrogens with zero attached hydrogens (tertiary/aromatic N) is 4. The quantitative estimate of drug-likeness (QED) is 0.0444. The Bertz CT molecular complexity index is 1750. The molecule has 17 nitrogen and oxygen atoms in total. The minimum absolute atomic E-state index is 0.0254. The van der Waals surface area contributed by atoms with Crippen molar-refractivity contribution in [2.45, 2.75) is 38.3 Å². The van der Waals surface area contributed by atoms with Gasteiger partial charge in [-0.1, -0.05) is 17.3 Å². The van der Waals surface area contributed by atoms with Crippen LogP contribution in [0.4, 0.5) is 10.9 Å². The molecule has 3 aromatic rings. The summed E-state index contributed by atoms with van der Waals surface area (Å²) in [6, 6.07) is 10.6. The van der Waals surface area contributed by atoms with E-state index in [2.05, 4.69) is 24.7 Å². The number of amides is 1. The summed E-state index contributed by atoms with van der Waals surface area (Å²) >= 11 is 0.984. The Morgan fingerprint density at radius 3 is 2.53 bits per heavy atom. The average Bonchev–Trinajstić information content (AvgIpc) is 3.45. The molecule has 2 atom stereocenters. The zero-order chi connectivity index (χ0) is 34.4. The van der Waals surface area contributed by atoms with Crippen molar-refractivity contribution in [3.63, 3.8) is 0 Å². The number of rotatable bonds is 17. The Labute approximate surface area is 273 Å². The molecular formula is C28H33N7O10S2. The third-order valence-corrected chi connectivity index (χ3v) is 8.06. The van der Waals surface area contributed by atoms with Crippen molar-refractivity contribution in [3.05, 3.63) is 53.7 Å². The minimum atomic E-state index is -4.99. The van der Waals surface area contributed by atoms with Gasteiger partial charge < -0.3 is 31.5 Å². The number of carboxylic acid groups (broad SMARTS) is 1. The molecule has 1 aliphatic rings. The van der Waals surface area contributed by atoms with Crippen LogP contribution in [0.5, 0.6) is 5.75 Å². The molecule has 3 heterocycles. The number of anilines is 2. The van der Waals surface area contributed by atoms with E-state index in [1.807, 2.05) is 12.1 Å². The zero-order valence-corrected chi connectivity index (χ0v) is 26.9. The summed E-state index contributed by atoms with van der Waals surface area (Å²) in [6.45, 7) is 3.61. The number of aromatic nitrogens is 2. The largest absolute Gasteiger partial charge is 0.489 e. The molecule has 252 valence electrons. The van der Waals surface area contributed by atoms with Crippen molar-refractivity contribution in [2.24, 2.45) is 16.8 Å². The number of ether oxygens (including phenoxy) is 1. The lowest BCUT2D eigenvalue weighted by Gasteiger charge is -2.50. The summed E-state index contributed by atoms with van der Waals surface area (Å²) in [5, 5.41) is 18.6. The molecule has 1 aromatic carbocycles. The van der Waals surface area contributed by atoms with E-state index < -0.39 is 64.4 Å². The first-order chi connectivity index (χ1) is 22.2. The van der Waals surface area contributed by atoms with Crippen LogP contribution in [-0.2, 0) is 33.9 Å². The molecule has 4 rings (SSSR count). The molecular weight excluding hydrogens is 658 g/mol. The molecule has 0 bridgehead atoms. The molecule has 47 heavy (non-hydrogen) atoms. The molecule has 1 fully saturated rings. The van der Waals surface area contributed by atoms with Crippen LogP contribution >= 0.6 is 11.3 Å². The molecule has 1 amide bonds. The van der Waals surface area contributed by atoms with Gasteiger partial charge in [-0.3, -0.25) is 14.1 Å². The number of nitrogens with two attached hydrogens (primary N) is 2. The molecule has 1 saturated heterocycles. The maximum Gasteiger partial charge on any atom is 0.418 e. The van der Waals surface area contributed by atoms with Crippen LogP contribution < -0.4 is 21.5 Å². The average molecular weight is 692 g/mol. The number of carbonyl (C=O) groups is 3. The van der Waals surface area contributed by atoms with Gasteiger partial charge in [-0.25, -0.2) is 14.8 Å². The van der Waals surface area contributed by atoms with Gasteiger partial charge in [0.1, 0.15) is 23.9 Å². The number of Topliss-reactive ketones (excluding diaryl/α,β-unsaturated/α-hetero) is 1. The first-order valence-electron chi connectivity index (χ1n) is 14.0. The number of aliphatic carboxylic acids is 1. The van der Waals surface area contributed by atoms with Crippen molar-refractivity contribution in [1.82, 2.24) is 15.0 Å². The number of carbonyl (C=O) groups excluding carboxylic acids is 2. The summed E-state index contributed by atoms with van der Waals surface area (Å²) in [5.74, 6) is -3.13. The van der Waals surface area contributed by atoms with Crippen LogP contribution in [0.3, 0.4) is 0 Å². The summed E-state index contributed by atoms with van der Waals surface area (Å²) < 4.78 is 41.1. The Morgan fingerprint density at radius 2 is 1.94 bits per heavy atom. The van der Waals surface area contributed by atoms with Crippen LogP contribution in [0, 0.1) is 5.92 Å². The number of thiazole rings is 1. The van der Waals surface area contributed by atoms with Gasteiger partial charge in [-0.05, 0) is 62.2 Å². The second kappa shape index (κ2) is 14.8. The van der Waals surface area contributed by atoms with Gasteiger partial charge in [0.05, 0.1) is 11.5 Å². The number of benzene rings is 1. The molecule has 0 spiro atoms. The highest BCUT2D eigenvalue weighted by Crippen LogP contribution is 2.40. The third kappa shape index (κ3) is 8.98. The SMILES string of the molecule is CC1(C)[C@H](CC(=O)/C(=N\O[C@@H](COc2ccc(-c3ccnc(NCCCN)c3)cc2)C(=O)O)c2csc(N)n2)C(=O)N1OS(=O)(=O)O. The molecule has 0 aliphatic carbocycles. The van der Waals surface area contributed by atoms with Crippen molar-refractivity contribution < 1.29 is 46.3 Å². The lowest BCUT2D eigenvalue weighted by molar-refractivity contribution is -0.228. The van der Waals surface area contributed by atoms with Gasteiger partial charge in [0.25, 0.3) is 12.0 Å². The molecule has 0 unspecified atom stereocenters. The lowest BCUT2D eigenvalue weighted by atomic mass is 9.74. The fourth-order valence-electron chi connectivity index (χ4n) is 4.49. The standard InChI is InChI=1S/C28H33N7O10S2/c1-28(2)19(25(37)35(28)45-47(40,41)42)13-21(36)24(20-15-46-27(30)33-20)34-44-22(26(38)39)14-43-18-6-4-16(5-7-18)17-8-11-32-23(12-17)31-10-3-9-29/h4-8,11-12,15,19,22H,3,9-10,13-14,29H2,1-2H3,(H2,30,33)(H,31,32)(H,38,39)(H,40,41,42)/b34-24-/t19-,22+/m1/s1. The fourth-order valence-corrected chi connectivity index (χ4v) is 5.49. The second-order valence-electron chi connectivity index (χ2n) is 10.7. The maximum absolute atomic E-state index is 13.3. The van der Waals surface area contributed by atoms with E-state index in [9.17, 15) is 27.9 Å². The third-order valence-electron chi connectivity index (χ3n) is 7.04. The maximum atomic E-state index is 13.3. The van der Waals surface area contributed by atoms with Gasteiger partial charge in [0.15, 0.2) is 16.6 Å². The molecule has 2 aromatic heterocycles. The Hall–Kier alpha value is -4.69. The van der Waals surface area contributed by atoms with E-state index in [0.29, 0.717) is 29.7 Å². The van der Waals surface area contributed by atoms with Crippen LogP contribution in [0.2, 0.25) is 0 Å². The van der Waals surface area contributed by atoms with Gasteiger partial charge in [0, 0.05) is 24.5 Å². The highest BCUT2D eigenvalue weighted by molar-refractivity contribution is 7.80. The second-order valence-corrected chi connectivity index (χ2v) is 12.6. The molecule has 1 aliphatic heterocycles. The number of hydrogen-bond acceptors (Lipinski definition) is 15. The van der Waals surface area contributed by atoms with Crippen LogP contribution in [-0.4, -0.2) is 87.8 Å². The first-order valence-corrected chi connectivity index (χ1v) is 16.3. The Kier molecular flexibility index (Phi) is 11.1. The van der Waals surface area contributed by atoms with E-state index in [-0.39, 0.29) is 10.8 Å². The normalized spacial score (nSPS) is 16.7. The number of oxime groups is 1. The minimum Gasteiger partial charge on any atom is -0.489 e. The number of carboxylic acids is 1. The van der Waals surface area contributed by atoms with Gasteiger partial charge in [-0.15, -0.1) is 15.6 Å². The Morgan fingerprint density at radius 1 is 1.21 bits per heavy atom. The molecule has 19 heteroatoms. The summed E-state index contributed by atoms with van der Waals surface area (Å²) in [5.41, 5.74) is 11.2. The predicted octanol–water partition coefficient (Wildman–Crippen LogP) is 1.73. The van der Waals surface area contributed by atoms with E-state index in [1.54, 1.807) is 30.5 Å². The number of nitrogens with one attached hydrogen (secondary N) is 1. The number of pyridine rings is 1. The zero-order valence-electron chi connectivity index (χ0n) is 25.2. The topological polar surface area (TPSA) is 259 Å². The van der Waals surface area contributed by atoms with E-state index >= 15 is 0 Å². The van der Waals surface area contributed by atoms with Crippen molar-refractivity contribution >= 4 is 56.1 Å². The van der Waals surface area contributed by atoms with Crippen molar-refractivity contribution in [2.75, 3.05) is 30.7 Å². The number of β-lactam (4-membered cyclic amide) rings is 1. The highest BCUT2D eigenvalue weighted by Gasteiger charge is 2.57. The first kappa shape index (κ1) is 35.2. The van der Waals surface area contributed by atoms with Gasteiger partial charge >= 0.3 is 16.4 Å². The molecule has 0 saturated carbocycles. The molecule has 7 N–H and O–H groups in total. The van der Waals surface area contributed by atoms with Crippen molar-refractivity contribution in [3.8, 4) is 16.9 Å². The van der Waals surface area contributed by atoms with E-state index in [1.165, 1.54) is 19.2 Å². The van der Waals surface area contributed by atoms with Gasteiger partial charge in [0.2, 0.25) is 0 Å². The summed E-state index contributed by atoms with van der Waals surface area (Å²) in [7, 11) is -4.99. The van der Waals surface area contributed by atoms with Crippen LogP contribution in [0.1, 0.15) is 32.4 Å². The van der Waals surface area contributed by atoms with E-state index in [4.69, 9.17) is 25.6 Å². The Balaban J connectivity index is 1.43. The number of nitrogen functional groups attached to an aromatic ring is 1.